The summed E-state index contributed by atoms with van der Waals surface area (Å²) in [6, 6.07) is 0.264. The van der Waals surface area contributed by atoms with Crippen LogP contribution in [0.3, 0.4) is 0 Å². The SMILES string of the molecule is CCC(=O)N(c1nnc(SCC(=O)Nc2nc(C)cs2)s1)C1CC1. The van der Waals surface area contributed by atoms with E-state index in [2.05, 4.69) is 20.5 Å². The summed E-state index contributed by atoms with van der Waals surface area (Å²) in [6.45, 7) is 3.73. The fourth-order valence-corrected chi connectivity index (χ4v) is 4.46. The van der Waals surface area contributed by atoms with Crippen LogP contribution in [0.4, 0.5) is 10.3 Å². The Labute approximate surface area is 151 Å². The molecule has 0 bridgehead atoms. The molecule has 128 valence electrons. The highest BCUT2D eigenvalue weighted by Gasteiger charge is 2.35. The minimum absolute atomic E-state index is 0.0714. The zero-order valence-corrected chi connectivity index (χ0v) is 15.8. The first-order valence-electron chi connectivity index (χ1n) is 7.57. The van der Waals surface area contributed by atoms with Crippen LogP contribution in [0.1, 0.15) is 31.9 Å². The van der Waals surface area contributed by atoms with E-state index in [0.717, 1.165) is 18.5 Å². The van der Waals surface area contributed by atoms with Gasteiger partial charge in [-0.3, -0.25) is 14.5 Å². The van der Waals surface area contributed by atoms with Crippen molar-refractivity contribution >= 4 is 56.5 Å². The van der Waals surface area contributed by atoms with Gasteiger partial charge in [0.05, 0.1) is 11.4 Å². The summed E-state index contributed by atoms with van der Waals surface area (Å²) in [5, 5.41) is 14.1. The lowest BCUT2D eigenvalue weighted by Gasteiger charge is -2.17. The lowest BCUT2D eigenvalue weighted by molar-refractivity contribution is -0.118. The number of nitrogens with one attached hydrogen (secondary N) is 1. The zero-order chi connectivity index (χ0) is 17.1. The highest BCUT2D eigenvalue weighted by Crippen LogP contribution is 2.36. The number of rotatable bonds is 7. The van der Waals surface area contributed by atoms with Crippen molar-refractivity contribution in [1.29, 1.82) is 0 Å². The second kappa shape index (κ2) is 7.58. The van der Waals surface area contributed by atoms with Crippen molar-refractivity contribution < 1.29 is 9.59 Å². The molecule has 1 saturated carbocycles. The number of carbonyl (C=O) groups excluding carboxylic acids is 2. The molecule has 0 radical (unpaired) electrons. The summed E-state index contributed by atoms with van der Waals surface area (Å²) in [4.78, 5) is 29.9. The van der Waals surface area contributed by atoms with Gasteiger partial charge in [0, 0.05) is 17.8 Å². The highest BCUT2D eigenvalue weighted by molar-refractivity contribution is 8.01. The predicted octanol–water partition coefficient (Wildman–Crippen LogP) is 2.94. The smallest absolute Gasteiger partial charge is 0.236 e. The van der Waals surface area contributed by atoms with Gasteiger partial charge in [0.25, 0.3) is 0 Å². The average Bonchev–Trinajstić information content (AvgIpc) is 3.13. The molecule has 1 aliphatic carbocycles. The molecule has 2 aromatic heterocycles. The molecule has 0 aromatic carbocycles. The number of aryl methyl sites for hydroxylation is 1. The van der Waals surface area contributed by atoms with Gasteiger partial charge in [-0.1, -0.05) is 30.0 Å². The maximum atomic E-state index is 12.1. The van der Waals surface area contributed by atoms with E-state index >= 15 is 0 Å². The lowest BCUT2D eigenvalue weighted by Crippen LogP contribution is -2.32. The van der Waals surface area contributed by atoms with Crippen LogP contribution >= 0.6 is 34.4 Å². The van der Waals surface area contributed by atoms with Gasteiger partial charge in [0.15, 0.2) is 9.47 Å². The van der Waals surface area contributed by atoms with Crippen molar-refractivity contribution in [2.75, 3.05) is 16.0 Å². The standard InChI is InChI=1S/C14H17N5O2S3/c1-3-11(21)19(9-4-5-9)13-17-18-14(24-13)23-7-10(20)16-12-15-8(2)6-22-12/h6,9H,3-5,7H2,1-2H3,(H,15,16,20). The zero-order valence-electron chi connectivity index (χ0n) is 13.3. The van der Waals surface area contributed by atoms with E-state index in [9.17, 15) is 9.59 Å². The number of anilines is 2. The molecule has 2 aromatic rings. The maximum Gasteiger partial charge on any atom is 0.236 e. The third kappa shape index (κ3) is 4.31. The van der Waals surface area contributed by atoms with Crippen LogP contribution in [-0.2, 0) is 9.59 Å². The molecule has 10 heteroatoms. The molecule has 1 N–H and O–H groups in total. The molecular formula is C14H17N5O2S3. The van der Waals surface area contributed by atoms with Gasteiger partial charge in [-0.25, -0.2) is 4.98 Å². The molecule has 2 heterocycles. The highest BCUT2D eigenvalue weighted by atomic mass is 32.2. The van der Waals surface area contributed by atoms with Crippen LogP contribution in [0.2, 0.25) is 0 Å². The van der Waals surface area contributed by atoms with Crippen LogP contribution < -0.4 is 10.2 Å². The molecule has 3 rings (SSSR count). The molecule has 0 spiro atoms. The Balaban J connectivity index is 1.55. The van der Waals surface area contributed by atoms with Gasteiger partial charge in [0.1, 0.15) is 0 Å². The first-order chi connectivity index (χ1) is 11.6. The number of thioether (sulfide) groups is 1. The second-order valence-corrected chi connectivity index (χ2v) is 8.37. The quantitative estimate of drug-likeness (QED) is 0.584. The Kier molecular flexibility index (Phi) is 5.47. The Morgan fingerprint density at radius 3 is 2.83 bits per heavy atom. The molecule has 0 saturated heterocycles. The van der Waals surface area contributed by atoms with E-state index < -0.39 is 0 Å². The van der Waals surface area contributed by atoms with Gasteiger partial charge < -0.3 is 5.32 Å². The van der Waals surface area contributed by atoms with E-state index in [4.69, 9.17) is 0 Å². The van der Waals surface area contributed by atoms with Crippen molar-refractivity contribution in [3.8, 4) is 0 Å². The molecular weight excluding hydrogens is 366 g/mol. The number of hydrogen-bond donors (Lipinski definition) is 1. The van der Waals surface area contributed by atoms with Gasteiger partial charge in [-0.05, 0) is 19.8 Å². The molecule has 24 heavy (non-hydrogen) atoms. The predicted molar refractivity (Wildman–Crippen MR) is 96.9 cm³/mol. The van der Waals surface area contributed by atoms with Crippen molar-refractivity contribution in [1.82, 2.24) is 15.2 Å². The molecule has 1 aliphatic rings. The van der Waals surface area contributed by atoms with Gasteiger partial charge in [-0.2, -0.15) is 0 Å². The minimum Gasteiger partial charge on any atom is -0.301 e. The fraction of sp³-hybridized carbons (Fsp3) is 0.500. The van der Waals surface area contributed by atoms with Crippen molar-refractivity contribution in [3.05, 3.63) is 11.1 Å². The van der Waals surface area contributed by atoms with E-state index in [1.807, 2.05) is 19.2 Å². The van der Waals surface area contributed by atoms with Crippen molar-refractivity contribution in [3.63, 3.8) is 0 Å². The maximum absolute atomic E-state index is 12.1. The van der Waals surface area contributed by atoms with Gasteiger partial charge in [-0.15, -0.1) is 21.5 Å². The number of nitrogens with zero attached hydrogens (tertiary/aromatic N) is 4. The fourth-order valence-electron chi connectivity index (χ4n) is 2.02. The Hall–Kier alpha value is -1.52. The van der Waals surface area contributed by atoms with Crippen LogP contribution in [0.25, 0.3) is 0 Å². The monoisotopic (exact) mass is 383 g/mol. The van der Waals surface area contributed by atoms with Crippen LogP contribution in [-0.4, -0.2) is 38.8 Å². The average molecular weight is 384 g/mol. The summed E-state index contributed by atoms with van der Waals surface area (Å²) in [5.74, 6) is 0.176. The lowest BCUT2D eigenvalue weighted by atomic mass is 10.4. The summed E-state index contributed by atoms with van der Waals surface area (Å²) < 4.78 is 0.685. The molecule has 0 aliphatic heterocycles. The Morgan fingerprint density at radius 1 is 1.42 bits per heavy atom. The van der Waals surface area contributed by atoms with Crippen LogP contribution in [0.15, 0.2) is 9.72 Å². The Morgan fingerprint density at radius 2 is 2.21 bits per heavy atom. The molecule has 0 unspecified atom stereocenters. The van der Waals surface area contributed by atoms with Crippen LogP contribution in [0, 0.1) is 6.92 Å². The van der Waals surface area contributed by atoms with Gasteiger partial charge in [0.2, 0.25) is 16.9 Å². The normalized spacial score (nSPS) is 13.8. The first-order valence-corrected chi connectivity index (χ1v) is 10.3. The topological polar surface area (TPSA) is 88.1 Å². The second-order valence-electron chi connectivity index (χ2n) is 5.33. The number of thiazole rings is 1. The van der Waals surface area contributed by atoms with E-state index in [-0.39, 0.29) is 23.6 Å². The van der Waals surface area contributed by atoms with Crippen LogP contribution in [0.5, 0.6) is 0 Å². The van der Waals surface area contributed by atoms with Crippen molar-refractivity contribution in [2.45, 2.75) is 43.5 Å². The van der Waals surface area contributed by atoms with E-state index in [1.54, 1.807) is 4.90 Å². The third-order valence-corrected chi connectivity index (χ3v) is 6.21. The molecule has 7 nitrogen and oxygen atoms in total. The minimum atomic E-state index is -0.130. The summed E-state index contributed by atoms with van der Waals surface area (Å²) >= 11 is 4.08. The summed E-state index contributed by atoms with van der Waals surface area (Å²) in [7, 11) is 0. The molecule has 2 amide bonds. The van der Waals surface area contributed by atoms with Gasteiger partial charge >= 0.3 is 0 Å². The summed E-state index contributed by atoms with van der Waals surface area (Å²) in [5.41, 5.74) is 0.887. The molecule has 0 atom stereocenters. The summed E-state index contributed by atoms with van der Waals surface area (Å²) in [6.07, 6.45) is 2.49. The Bertz CT molecular complexity index is 740. The van der Waals surface area contributed by atoms with Crippen molar-refractivity contribution in [2.24, 2.45) is 0 Å². The molecule has 1 fully saturated rings. The largest absolute Gasteiger partial charge is 0.301 e. The number of amides is 2. The first kappa shape index (κ1) is 17.3. The van der Waals surface area contributed by atoms with E-state index in [1.165, 1.54) is 34.4 Å². The number of hydrogen-bond acceptors (Lipinski definition) is 8. The number of aromatic nitrogens is 3. The third-order valence-electron chi connectivity index (χ3n) is 3.28. The van der Waals surface area contributed by atoms with E-state index in [0.29, 0.717) is 21.0 Å². The number of carbonyl (C=O) groups is 2.